The SMILES string of the molecule is NC(N)=NC(CCC[N+](=O)[O-])(NC(=O)C(Cc1ccccc1)NCCCc1ccccc1)C(=O)NCc1cccc2ccccc12. The largest absolute Gasteiger partial charge is 0.370 e. The van der Waals surface area contributed by atoms with Crippen molar-refractivity contribution in [2.24, 2.45) is 16.5 Å². The lowest BCUT2D eigenvalue weighted by Gasteiger charge is -2.32. The van der Waals surface area contributed by atoms with Crippen LogP contribution >= 0.6 is 0 Å². The maximum atomic E-state index is 14.0. The van der Waals surface area contributed by atoms with E-state index in [1.807, 2.05) is 91.0 Å². The molecule has 0 aliphatic carbocycles. The van der Waals surface area contributed by atoms with Gasteiger partial charge in [0.2, 0.25) is 18.1 Å². The summed E-state index contributed by atoms with van der Waals surface area (Å²) < 4.78 is 0. The summed E-state index contributed by atoms with van der Waals surface area (Å²) in [6.07, 6.45) is 1.69. The number of amides is 2. The number of guanidine groups is 1. The average Bonchev–Trinajstić information content (AvgIpc) is 3.05. The van der Waals surface area contributed by atoms with Crippen molar-refractivity contribution in [3.05, 3.63) is 130 Å². The first kappa shape index (κ1) is 33.6. The van der Waals surface area contributed by atoms with E-state index in [1.54, 1.807) is 0 Å². The molecule has 11 heteroatoms. The van der Waals surface area contributed by atoms with E-state index in [2.05, 4.69) is 33.1 Å². The molecule has 4 aromatic rings. The molecule has 46 heavy (non-hydrogen) atoms. The third kappa shape index (κ3) is 9.86. The van der Waals surface area contributed by atoms with Crippen LogP contribution in [0.1, 0.15) is 36.0 Å². The van der Waals surface area contributed by atoms with Crippen LogP contribution in [0.15, 0.2) is 108 Å². The molecule has 240 valence electrons. The summed E-state index contributed by atoms with van der Waals surface area (Å²) in [6, 6.07) is 32.4. The standard InChI is InChI=1S/C35H41N7O4/c36-34(37)41-35(21-11-23-42(45)46,33(44)39-25-29-19-9-18-28-17-7-8-20-30(28)29)40-32(43)31(24-27-14-5-2-6-15-27)38-22-10-16-26-12-3-1-4-13-26/h1-9,12-15,17-20,31,38H,10-11,16,21-25H2,(H,39,44)(H,40,43)(H4,36,37,41). The Kier molecular flexibility index (Phi) is 12.2. The summed E-state index contributed by atoms with van der Waals surface area (Å²) in [7, 11) is 0. The number of nitrogens with two attached hydrogens (primary N) is 2. The average molecular weight is 624 g/mol. The lowest BCUT2D eigenvalue weighted by molar-refractivity contribution is -0.480. The Balaban J connectivity index is 1.57. The maximum absolute atomic E-state index is 14.0. The quantitative estimate of drug-likeness (QED) is 0.0393. The summed E-state index contributed by atoms with van der Waals surface area (Å²) in [5.74, 6) is -1.61. The van der Waals surface area contributed by atoms with E-state index in [1.165, 1.54) is 5.56 Å². The number of aryl methyl sites for hydroxylation is 1. The molecule has 2 atom stereocenters. The van der Waals surface area contributed by atoms with Crippen molar-refractivity contribution in [3.63, 3.8) is 0 Å². The molecule has 11 nitrogen and oxygen atoms in total. The minimum atomic E-state index is -1.98. The highest BCUT2D eigenvalue weighted by Crippen LogP contribution is 2.21. The third-order valence-electron chi connectivity index (χ3n) is 7.70. The van der Waals surface area contributed by atoms with Gasteiger partial charge < -0.3 is 27.4 Å². The van der Waals surface area contributed by atoms with E-state index in [0.717, 1.165) is 34.7 Å². The van der Waals surface area contributed by atoms with Crippen LogP contribution in [-0.2, 0) is 29.0 Å². The number of benzene rings is 4. The van der Waals surface area contributed by atoms with Crippen molar-refractivity contribution >= 4 is 28.5 Å². The first-order valence-corrected chi connectivity index (χ1v) is 15.4. The van der Waals surface area contributed by atoms with Crippen LogP contribution in [0.5, 0.6) is 0 Å². The molecule has 0 radical (unpaired) electrons. The molecule has 2 unspecified atom stereocenters. The highest BCUT2D eigenvalue weighted by molar-refractivity contribution is 5.95. The number of carbonyl (C=O) groups is 2. The van der Waals surface area contributed by atoms with Crippen LogP contribution in [0.3, 0.4) is 0 Å². The smallest absolute Gasteiger partial charge is 0.268 e. The van der Waals surface area contributed by atoms with Crippen LogP contribution in [0.25, 0.3) is 10.8 Å². The summed E-state index contributed by atoms with van der Waals surface area (Å²) in [4.78, 5) is 43.0. The molecule has 0 aromatic heterocycles. The molecule has 0 aliphatic heterocycles. The van der Waals surface area contributed by atoms with Gasteiger partial charge in [-0.1, -0.05) is 103 Å². The zero-order valence-electron chi connectivity index (χ0n) is 25.7. The Hall–Kier alpha value is -5.29. The molecule has 0 heterocycles. The normalized spacial score (nSPS) is 12.9. The fraction of sp³-hybridized carbons (Fsp3) is 0.286. The van der Waals surface area contributed by atoms with Gasteiger partial charge in [0.05, 0.1) is 6.04 Å². The number of hydrogen-bond acceptors (Lipinski definition) is 6. The molecule has 4 aromatic carbocycles. The number of nitrogens with one attached hydrogen (secondary N) is 3. The molecule has 0 spiro atoms. The van der Waals surface area contributed by atoms with Crippen molar-refractivity contribution < 1.29 is 14.5 Å². The molecule has 0 bridgehead atoms. The van der Waals surface area contributed by atoms with Crippen LogP contribution in [0, 0.1) is 10.1 Å². The third-order valence-corrected chi connectivity index (χ3v) is 7.70. The zero-order valence-corrected chi connectivity index (χ0v) is 25.7. The number of nitrogens with zero attached hydrogens (tertiary/aromatic N) is 2. The van der Waals surface area contributed by atoms with Gasteiger partial charge in [0.25, 0.3) is 5.91 Å². The highest BCUT2D eigenvalue weighted by Gasteiger charge is 2.41. The van der Waals surface area contributed by atoms with E-state index < -0.39 is 40.9 Å². The van der Waals surface area contributed by atoms with Gasteiger partial charge in [0.1, 0.15) is 0 Å². The molecule has 7 N–H and O–H groups in total. The molecule has 0 saturated carbocycles. The van der Waals surface area contributed by atoms with E-state index in [9.17, 15) is 19.7 Å². The molecule has 0 fully saturated rings. The number of nitro groups is 1. The Morgan fingerprint density at radius 1 is 0.848 bits per heavy atom. The topological polar surface area (TPSA) is 178 Å². The lowest BCUT2D eigenvalue weighted by Crippen LogP contribution is -2.62. The van der Waals surface area contributed by atoms with Crippen LogP contribution in [0.2, 0.25) is 0 Å². The summed E-state index contributed by atoms with van der Waals surface area (Å²) in [5.41, 5.74) is 12.6. The van der Waals surface area contributed by atoms with Crippen molar-refractivity contribution in [1.82, 2.24) is 16.0 Å². The predicted molar refractivity (Wildman–Crippen MR) is 180 cm³/mol. The van der Waals surface area contributed by atoms with E-state index in [4.69, 9.17) is 11.5 Å². The Morgan fingerprint density at radius 3 is 2.20 bits per heavy atom. The Morgan fingerprint density at radius 2 is 1.50 bits per heavy atom. The van der Waals surface area contributed by atoms with Gasteiger partial charge >= 0.3 is 0 Å². The molecule has 0 saturated heterocycles. The Bertz CT molecular complexity index is 1620. The zero-order chi connectivity index (χ0) is 32.8. The van der Waals surface area contributed by atoms with E-state index >= 15 is 0 Å². The van der Waals surface area contributed by atoms with Gasteiger partial charge in [-0.15, -0.1) is 0 Å². The van der Waals surface area contributed by atoms with E-state index in [0.29, 0.717) is 13.0 Å². The number of fused-ring (bicyclic) bond motifs is 1. The summed E-state index contributed by atoms with van der Waals surface area (Å²) in [5, 5.41) is 22.2. The second-order valence-corrected chi connectivity index (χ2v) is 11.2. The fourth-order valence-electron chi connectivity index (χ4n) is 5.43. The molecular weight excluding hydrogens is 582 g/mol. The molecule has 0 aliphatic rings. The number of aliphatic imine (C=N–C) groups is 1. The molecule has 4 rings (SSSR count). The predicted octanol–water partition coefficient (Wildman–Crippen LogP) is 3.43. The minimum Gasteiger partial charge on any atom is -0.370 e. The first-order chi connectivity index (χ1) is 22.3. The van der Waals surface area contributed by atoms with Gasteiger partial charge in [-0.05, 0) is 53.3 Å². The van der Waals surface area contributed by atoms with Gasteiger partial charge in [0.15, 0.2) is 5.96 Å². The van der Waals surface area contributed by atoms with Gasteiger partial charge in [-0.2, -0.15) is 0 Å². The van der Waals surface area contributed by atoms with Crippen LogP contribution in [0.4, 0.5) is 0 Å². The Labute approximate surface area is 268 Å². The van der Waals surface area contributed by atoms with Crippen LogP contribution in [-0.4, -0.2) is 47.5 Å². The number of hydrogen-bond donors (Lipinski definition) is 5. The second-order valence-electron chi connectivity index (χ2n) is 11.2. The fourth-order valence-corrected chi connectivity index (χ4v) is 5.43. The number of carbonyl (C=O) groups excluding carboxylic acids is 2. The van der Waals surface area contributed by atoms with Crippen molar-refractivity contribution in [2.75, 3.05) is 13.1 Å². The molecule has 2 amide bonds. The lowest BCUT2D eigenvalue weighted by atomic mass is 9.99. The monoisotopic (exact) mass is 623 g/mol. The van der Waals surface area contributed by atoms with Crippen LogP contribution < -0.4 is 27.4 Å². The van der Waals surface area contributed by atoms with Gasteiger partial charge in [0, 0.05) is 24.3 Å². The van der Waals surface area contributed by atoms with E-state index in [-0.39, 0.29) is 19.4 Å². The second kappa shape index (κ2) is 16.7. The highest BCUT2D eigenvalue weighted by atomic mass is 16.6. The summed E-state index contributed by atoms with van der Waals surface area (Å²) >= 11 is 0. The van der Waals surface area contributed by atoms with Crippen molar-refractivity contribution in [3.8, 4) is 0 Å². The molecular formula is C35H41N7O4. The van der Waals surface area contributed by atoms with Crippen molar-refractivity contribution in [2.45, 2.75) is 50.4 Å². The van der Waals surface area contributed by atoms with Gasteiger partial charge in [-0.25, -0.2) is 4.99 Å². The maximum Gasteiger partial charge on any atom is 0.268 e. The summed E-state index contributed by atoms with van der Waals surface area (Å²) in [6.45, 7) is 0.224. The van der Waals surface area contributed by atoms with Gasteiger partial charge in [-0.3, -0.25) is 19.7 Å². The number of rotatable bonds is 17. The first-order valence-electron chi connectivity index (χ1n) is 15.4. The van der Waals surface area contributed by atoms with Crippen molar-refractivity contribution in [1.29, 1.82) is 0 Å². The minimum absolute atomic E-state index is 0.0559.